The van der Waals surface area contributed by atoms with Crippen LogP contribution in [0.1, 0.15) is 136 Å². The lowest BCUT2D eigenvalue weighted by molar-refractivity contribution is -0.161. The number of phosphoric ester groups is 1. The van der Waals surface area contributed by atoms with Crippen molar-refractivity contribution in [1.29, 1.82) is 0 Å². The maximum Gasteiger partial charge on any atom is 0.469 e. The van der Waals surface area contributed by atoms with Gasteiger partial charge in [-0.3, -0.25) is 14.1 Å². The summed E-state index contributed by atoms with van der Waals surface area (Å²) in [6, 6.07) is 0. The molecule has 1 unspecified atom stereocenters. The van der Waals surface area contributed by atoms with E-state index in [9.17, 15) is 14.2 Å². The summed E-state index contributed by atoms with van der Waals surface area (Å²) in [6.07, 6.45) is 50.1. The second kappa shape index (κ2) is 36.8. The number of rotatable bonds is 33. The van der Waals surface area contributed by atoms with Crippen molar-refractivity contribution in [2.75, 3.05) is 13.2 Å². The van der Waals surface area contributed by atoms with E-state index in [1.54, 1.807) is 0 Å². The summed E-state index contributed by atoms with van der Waals surface area (Å²) in [6.45, 7) is 3.43. The SMILES string of the molecule is CC/C=C/C/C=C/C/C=C/C/C=C/C/C=C/C/C=C/CCCC(=O)OCC(COP(=O)(O)O)OC(=O)CC/C=C/C/C=C/CCCCCCCC. The summed E-state index contributed by atoms with van der Waals surface area (Å²) < 4.78 is 26.2. The fourth-order valence-electron chi connectivity index (χ4n) is 4.55. The Hall–Kier alpha value is -3.03. The molecule has 0 fully saturated rings. The minimum atomic E-state index is -4.78. The van der Waals surface area contributed by atoms with E-state index < -0.39 is 32.5 Å². The Morgan fingerprint density at radius 2 is 0.980 bits per heavy atom. The molecule has 0 bridgehead atoms. The molecule has 0 aliphatic rings. The fourth-order valence-corrected chi connectivity index (χ4v) is 4.91. The highest BCUT2D eigenvalue weighted by Gasteiger charge is 2.22. The molecule has 0 saturated heterocycles. The molecule has 0 aliphatic heterocycles. The molecule has 0 heterocycles. The van der Waals surface area contributed by atoms with Gasteiger partial charge in [0.2, 0.25) is 0 Å². The molecule has 0 saturated carbocycles. The molecular formula is C42H67O8P. The average Bonchev–Trinajstić information content (AvgIpc) is 3.10. The molecule has 8 nitrogen and oxygen atoms in total. The topological polar surface area (TPSA) is 119 Å². The first-order chi connectivity index (χ1) is 24.8. The lowest BCUT2D eigenvalue weighted by atomic mass is 10.1. The molecule has 9 heteroatoms. The highest BCUT2D eigenvalue weighted by molar-refractivity contribution is 7.46. The maximum absolute atomic E-state index is 12.3. The van der Waals surface area contributed by atoms with Gasteiger partial charge < -0.3 is 19.3 Å². The second-order valence-corrected chi connectivity index (χ2v) is 13.4. The number of ether oxygens (including phenoxy) is 2. The zero-order valence-electron chi connectivity index (χ0n) is 31.5. The molecule has 0 aromatic rings. The lowest BCUT2D eigenvalue weighted by Gasteiger charge is -2.18. The van der Waals surface area contributed by atoms with Gasteiger partial charge in [0, 0.05) is 12.8 Å². The fraction of sp³-hybridized carbons (Fsp3) is 0.571. The Morgan fingerprint density at radius 1 is 0.529 bits per heavy atom. The molecule has 288 valence electrons. The van der Waals surface area contributed by atoms with E-state index in [0.717, 1.165) is 51.4 Å². The molecule has 0 amide bonds. The first-order valence-corrected chi connectivity index (χ1v) is 20.6. The normalized spacial score (nSPS) is 13.6. The summed E-state index contributed by atoms with van der Waals surface area (Å²) in [5.74, 6) is -1.04. The van der Waals surface area contributed by atoms with Crippen LogP contribution in [0.25, 0.3) is 0 Å². The van der Waals surface area contributed by atoms with Crippen LogP contribution in [0.15, 0.2) is 97.2 Å². The van der Waals surface area contributed by atoms with Gasteiger partial charge in [-0.05, 0) is 77.0 Å². The number of hydrogen-bond donors (Lipinski definition) is 2. The third-order valence-electron chi connectivity index (χ3n) is 7.35. The zero-order valence-corrected chi connectivity index (χ0v) is 32.3. The first kappa shape index (κ1) is 48.0. The van der Waals surface area contributed by atoms with E-state index in [-0.39, 0.29) is 19.4 Å². The summed E-state index contributed by atoms with van der Waals surface area (Å²) in [5.41, 5.74) is 0. The zero-order chi connectivity index (χ0) is 37.5. The van der Waals surface area contributed by atoms with E-state index in [1.807, 2.05) is 18.2 Å². The second-order valence-electron chi connectivity index (χ2n) is 12.2. The third kappa shape index (κ3) is 39.6. The maximum atomic E-state index is 12.3. The predicted octanol–water partition coefficient (Wildman–Crippen LogP) is 11.5. The van der Waals surface area contributed by atoms with Gasteiger partial charge >= 0.3 is 19.8 Å². The van der Waals surface area contributed by atoms with Crippen LogP contribution in [0.5, 0.6) is 0 Å². The highest BCUT2D eigenvalue weighted by Crippen LogP contribution is 2.35. The van der Waals surface area contributed by atoms with E-state index >= 15 is 0 Å². The van der Waals surface area contributed by atoms with Crippen molar-refractivity contribution in [2.24, 2.45) is 0 Å². The van der Waals surface area contributed by atoms with E-state index in [0.29, 0.717) is 19.3 Å². The van der Waals surface area contributed by atoms with Gasteiger partial charge in [0.05, 0.1) is 6.61 Å². The lowest BCUT2D eigenvalue weighted by Crippen LogP contribution is -2.29. The Kier molecular flexibility index (Phi) is 34.6. The third-order valence-corrected chi connectivity index (χ3v) is 7.84. The number of carbonyl (C=O) groups is 2. The largest absolute Gasteiger partial charge is 0.469 e. The molecule has 0 radical (unpaired) electrons. The molecule has 0 aromatic carbocycles. The predicted molar refractivity (Wildman–Crippen MR) is 211 cm³/mol. The number of esters is 2. The molecule has 0 rings (SSSR count). The van der Waals surface area contributed by atoms with Gasteiger partial charge in [0.1, 0.15) is 6.61 Å². The summed E-state index contributed by atoms with van der Waals surface area (Å²) >= 11 is 0. The van der Waals surface area contributed by atoms with E-state index in [4.69, 9.17) is 19.3 Å². The highest BCUT2D eigenvalue weighted by atomic mass is 31.2. The van der Waals surface area contributed by atoms with Gasteiger partial charge in [-0.25, -0.2) is 4.57 Å². The first-order valence-electron chi connectivity index (χ1n) is 19.0. The van der Waals surface area contributed by atoms with Crippen molar-refractivity contribution in [3.8, 4) is 0 Å². The number of carbonyl (C=O) groups excluding carboxylic acids is 2. The quantitative estimate of drug-likeness (QED) is 0.0296. The minimum Gasteiger partial charge on any atom is -0.462 e. The van der Waals surface area contributed by atoms with Crippen LogP contribution in [-0.2, 0) is 28.2 Å². The van der Waals surface area contributed by atoms with Crippen LogP contribution < -0.4 is 0 Å². The van der Waals surface area contributed by atoms with Crippen molar-refractivity contribution < 1.29 is 37.9 Å². The molecule has 51 heavy (non-hydrogen) atoms. The van der Waals surface area contributed by atoms with Crippen LogP contribution in [0.3, 0.4) is 0 Å². The molecule has 2 N–H and O–H groups in total. The summed E-state index contributed by atoms with van der Waals surface area (Å²) in [7, 11) is -4.78. The van der Waals surface area contributed by atoms with Crippen LogP contribution in [0, 0.1) is 0 Å². The number of allylic oxidation sites excluding steroid dienone is 16. The van der Waals surface area contributed by atoms with Crippen molar-refractivity contribution >= 4 is 19.8 Å². The van der Waals surface area contributed by atoms with Crippen LogP contribution >= 0.6 is 7.82 Å². The van der Waals surface area contributed by atoms with Crippen LogP contribution in [0.2, 0.25) is 0 Å². The Morgan fingerprint density at radius 3 is 1.49 bits per heavy atom. The summed E-state index contributed by atoms with van der Waals surface area (Å²) in [5, 5.41) is 0. The number of unbranched alkanes of at least 4 members (excludes halogenated alkanes) is 7. The Labute approximate surface area is 309 Å². The van der Waals surface area contributed by atoms with Gasteiger partial charge in [-0.15, -0.1) is 0 Å². The van der Waals surface area contributed by atoms with Gasteiger partial charge in [0.25, 0.3) is 0 Å². The summed E-state index contributed by atoms with van der Waals surface area (Å²) in [4.78, 5) is 42.6. The number of hydrogen-bond acceptors (Lipinski definition) is 6. The average molecular weight is 731 g/mol. The molecule has 0 spiro atoms. The monoisotopic (exact) mass is 730 g/mol. The Balaban J connectivity index is 4.16. The van der Waals surface area contributed by atoms with Crippen molar-refractivity contribution in [1.82, 2.24) is 0 Å². The van der Waals surface area contributed by atoms with Crippen molar-refractivity contribution in [3.05, 3.63) is 97.2 Å². The van der Waals surface area contributed by atoms with Crippen LogP contribution in [-0.4, -0.2) is 41.0 Å². The minimum absolute atomic E-state index is 0.0876. The molecule has 0 aliphatic carbocycles. The Bertz CT molecular complexity index is 1140. The number of phosphoric acid groups is 1. The molecule has 1 atom stereocenters. The van der Waals surface area contributed by atoms with Crippen molar-refractivity contribution in [3.63, 3.8) is 0 Å². The van der Waals surface area contributed by atoms with E-state index in [2.05, 4.69) is 97.4 Å². The van der Waals surface area contributed by atoms with Crippen molar-refractivity contribution in [2.45, 2.75) is 142 Å². The standard InChI is InChI=1S/C42H67O8P/c1-3-5-7-9-11-13-15-17-18-19-20-21-22-23-25-26-28-30-32-34-36-41(43)48-38-40(39-49-51(45,46)47)50-42(44)37-35-33-31-29-27-24-16-14-12-10-8-6-4-2/h5,7,11,13,17-18,20-21,23-25,27-28,30-31,33,40H,3-4,6,8-10,12,14-16,19,22,26,29,32,34-39H2,1-2H3,(H2,45,46,47)/b7-5+,13-11+,18-17+,21-20+,25-23+,27-24+,30-28+,33-31+. The van der Waals surface area contributed by atoms with Crippen LogP contribution in [0.4, 0.5) is 0 Å². The molecular weight excluding hydrogens is 663 g/mol. The van der Waals surface area contributed by atoms with E-state index in [1.165, 1.54) is 38.5 Å². The smallest absolute Gasteiger partial charge is 0.462 e. The van der Waals surface area contributed by atoms with Gasteiger partial charge in [-0.2, -0.15) is 0 Å². The van der Waals surface area contributed by atoms with Gasteiger partial charge in [-0.1, -0.05) is 143 Å². The van der Waals surface area contributed by atoms with Gasteiger partial charge in [0.15, 0.2) is 6.10 Å². The molecule has 0 aromatic heterocycles.